The van der Waals surface area contributed by atoms with Gasteiger partial charge in [-0.1, -0.05) is 17.4 Å². The fourth-order valence-electron chi connectivity index (χ4n) is 0.785. The van der Waals surface area contributed by atoms with E-state index in [1.54, 1.807) is 0 Å². The zero-order chi connectivity index (χ0) is 9.30. The molecule has 66 valence electrons. The standard InChI is InChI=1S/C5H6F2N4S/c1-11-3(4(6)7)2(5(8)12)9-10-11/h4H,1H3,(H2,8,12). The monoisotopic (exact) mass is 192 g/mol. The molecule has 0 radical (unpaired) electrons. The summed E-state index contributed by atoms with van der Waals surface area (Å²) in [5.74, 6) is 0. The fraction of sp³-hybridized carbons (Fsp3) is 0.400. The van der Waals surface area contributed by atoms with Gasteiger partial charge in [0.05, 0.1) is 0 Å². The number of alkyl halides is 2. The van der Waals surface area contributed by atoms with Crippen molar-refractivity contribution >= 4 is 17.2 Å². The lowest BCUT2D eigenvalue weighted by atomic mass is 10.3. The average molecular weight is 192 g/mol. The molecule has 0 aliphatic rings. The van der Waals surface area contributed by atoms with Crippen LogP contribution in [0.15, 0.2) is 0 Å². The van der Waals surface area contributed by atoms with Crippen LogP contribution in [-0.4, -0.2) is 20.0 Å². The summed E-state index contributed by atoms with van der Waals surface area (Å²) in [5, 5.41) is 6.78. The number of halogens is 2. The first-order valence-corrected chi connectivity index (χ1v) is 3.42. The Kier molecular flexibility index (Phi) is 2.32. The second kappa shape index (κ2) is 3.10. The van der Waals surface area contributed by atoms with E-state index in [1.165, 1.54) is 7.05 Å². The summed E-state index contributed by atoms with van der Waals surface area (Å²) in [6, 6.07) is 0. The Balaban J connectivity index is 3.21. The Morgan fingerprint density at radius 3 is 2.58 bits per heavy atom. The Bertz CT molecular complexity index is 308. The van der Waals surface area contributed by atoms with Gasteiger partial charge in [-0.3, -0.25) is 0 Å². The molecule has 0 aliphatic heterocycles. The molecule has 12 heavy (non-hydrogen) atoms. The number of hydrogen-bond donors (Lipinski definition) is 1. The molecule has 1 aromatic heterocycles. The molecule has 0 fully saturated rings. The summed E-state index contributed by atoms with van der Waals surface area (Å²) < 4.78 is 25.5. The smallest absolute Gasteiger partial charge is 0.282 e. The van der Waals surface area contributed by atoms with Crippen LogP contribution in [0, 0.1) is 0 Å². The van der Waals surface area contributed by atoms with Crippen LogP contribution in [0.1, 0.15) is 17.8 Å². The minimum absolute atomic E-state index is 0.109. The van der Waals surface area contributed by atoms with Crippen molar-refractivity contribution < 1.29 is 8.78 Å². The zero-order valence-electron chi connectivity index (χ0n) is 6.16. The van der Waals surface area contributed by atoms with Crippen molar-refractivity contribution in [3.63, 3.8) is 0 Å². The van der Waals surface area contributed by atoms with Crippen molar-refractivity contribution in [2.24, 2.45) is 12.8 Å². The highest BCUT2D eigenvalue weighted by atomic mass is 32.1. The summed E-state index contributed by atoms with van der Waals surface area (Å²) in [4.78, 5) is -0.168. The van der Waals surface area contributed by atoms with Crippen molar-refractivity contribution in [3.05, 3.63) is 11.4 Å². The summed E-state index contributed by atoms with van der Waals surface area (Å²) in [7, 11) is 1.36. The quantitative estimate of drug-likeness (QED) is 0.688. The molecule has 0 aliphatic carbocycles. The molecule has 0 amide bonds. The number of rotatable bonds is 2. The SMILES string of the molecule is Cn1nnc(C(N)=S)c1C(F)F. The van der Waals surface area contributed by atoms with Gasteiger partial charge in [0.2, 0.25) is 0 Å². The van der Waals surface area contributed by atoms with Gasteiger partial charge < -0.3 is 5.73 Å². The summed E-state index contributed by atoms with van der Waals surface area (Å²) in [5.41, 5.74) is 4.69. The molecule has 1 rings (SSSR count). The van der Waals surface area contributed by atoms with Crippen LogP contribution in [0.3, 0.4) is 0 Å². The molecule has 0 saturated heterocycles. The first-order valence-electron chi connectivity index (χ1n) is 3.01. The maximum atomic E-state index is 12.3. The van der Waals surface area contributed by atoms with E-state index >= 15 is 0 Å². The predicted molar refractivity (Wildman–Crippen MR) is 41.8 cm³/mol. The zero-order valence-corrected chi connectivity index (χ0v) is 6.98. The molecular formula is C5H6F2N4S. The van der Waals surface area contributed by atoms with Crippen molar-refractivity contribution in [1.29, 1.82) is 0 Å². The van der Waals surface area contributed by atoms with E-state index in [1.807, 2.05) is 0 Å². The van der Waals surface area contributed by atoms with Crippen LogP contribution in [0.2, 0.25) is 0 Å². The first-order chi connectivity index (χ1) is 5.54. The number of nitrogens with zero attached hydrogens (tertiary/aromatic N) is 3. The second-order valence-electron chi connectivity index (χ2n) is 2.11. The summed E-state index contributed by atoms with van der Waals surface area (Å²) in [6.45, 7) is 0. The lowest BCUT2D eigenvalue weighted by Crippen LogP contribution is -2.13. The lowest BCUT2D eigenvalue weighted by Gasteiger charge is -1.99. The van der Waals surface area contributed by atoms with Crippen LogP contribution in [0.4, 0.5) is 8.78 Å². The normalized spacial score (nSPS) is 10.7. The topological polar surface area (TPSA) is 56.7 Å². The maximum Gasteiger partial charge on any atom is 0.282 e. The van der Waals surface area contributed by atoms with Gasteiger partial charge in [-0.2, -0.15) is 0 Å². The third kappa shape index (κ3) is 1.40. The van der Waals surface area contributed by atoms with Gasteiger partial charge in [0.15, 0.2) is 0 Å². The minimum Gasteiger partial charge on any atom is -0.388 e. The van der Waals surface area contributed by atoms with E-state index in [2.05, 4.69) is 22.5 Å². The third-order valence-electron chi connectivity index (χ3n) is 1.31. The molecule has 0 atom stereocenters. The Morgan fingerprint density at radius 2 is 2.25 bits per heavy atom. The second-order valence-corrected chi connectivity index (χ2v) is 2.55. The Morgan fingerprint density at radius 1 is 1.67 bits per heavy atom. The molecule has 0 aromatic carbocycles. The van der Waals surface area contributed by atoms with Crippen molar-refractivity contribution in [2.45, 2.75) is 6.43 Å². The van der Waals surface area contributed by atoms with Gasteiger partial charge in [-0.25, -0.2) is 13.5 Å². The average Bonchev–Trinajstić information content (AvgIpc) is 2.30. The van der Waals surface area contributed by atoms with E-state index in [0.29, 0.717) is 0 Å². The summed E-state index contributed by atoms with van der Waals surface area (Å²) in [6.07, 6.45) is -2.67. The highest BCUT2D eigenvalue weighted by Gasteiger charge is 2.21. The van der Waals surface area contributed by atoms with Crippen molar-refractivity contribution in [2.75, 3.05) is 0 Å². The van der Waals surface area contributed by atoms with Crippen LogP contribution in [-0.2, 0) is 7.05 Å². The van der Waals surface area contributed by atoms with Crippen LogP contribution >= 0.6 is 12.2 Å². The molecular weight excluding hydrogens is 186 g/mol. The number of aromatic nitrogens is 3. The number of nitrogens with two attached hydrogens (primary N) is 1. The van der Waals surface area contributed by atoms with Crippen molar-refractivity contribution in [1.82, 2.24) is 15.0 Å². The van der Waals surface area contributed by atoms with Crippen molar-refractivity contribution in [3.8, 4) is 0 Å². The maximum absolute atomic E-state index is 12.3. The minimum atomic E-state index is -2.67. The molecule has 2 N–H and O–H groups in total. The predicted octanol–water partition coefficient (Wildman–Crippen LogP) is 0.387. The molecule has 0 unspecified atom stereocenters. The van der Waals surface area contributed by atoms with Crippen LogP contribution in [0.5, 0.6) is 0 Å². The summed E-state index contributed by atoms with van der Waals surface area (Å²) >= 11 is 4.51. The van der Waals surface area contributed by atoms with E-state index in [4.69, 9.17) is 5.73 Å². The first kappa shape index (κ1) is 8.98. The molecule has 0 saturated carbocycles. The lowest BCUT2D eigenvalue weighted by molar-refractivity contribution is 0.140. The van der Waals surface area contributed by atoms with Gasteiger partial charge in [0.25, 0.3) is 6.43 Å². The van der Waals surface area contributed by atoms with Gasteiger partial charge >= 0.3 is 0 Å². The van der Waals surface area contributed by atoms with Gasteiger partial charge in [0, 0.05) is 7.05 Å². The molecule has 4 nitrogen and oxygen atoms in total. The van der Waals surface area contributed by atoms with E-state index in [9.17, 15) is 8.78 Å². The van der Waals surface area contributed by atoms with E-state index < -0.39 is 6.43 Å². The number of thiocarbonyl (C=S) groups is 1. The van der Waals surface area contributed by atoms with E-state index in [-0.39, 0.29) is 16.4 Å². The van der Waals surface area contributed by atoms with Gasteiger partial charge in [-0.15, -0.1) is 5.10 Å². The molecule has 0 bridgehead atoms. The molecule has 7 heteroatoms. The Hall–Kier alpha value is -1.11. The molecule has 1 heterocycles. The molecule has 0 spiro atoms. The van der Waals surface area contributed by atoms with E-state index in [0.717, 1.165) is 4.68 Å². The highest BCUT2D eigenvalue weighted by Crippen LogP contribution is 2.19. The van der Waals surface area contributed by atoms with Gasteiger partial charge in [-0.05, 0) is 0 Å². The highest BCUT2D eigenvalue weighted by molar-refractivity contribution is 7.80. The number of hydrogen-bond acceptors (Lipinski definition) is 3. The fourth-order valence-corrected chi connectivity index (χ4v) is 0.930. The number of aryl methyl sites for hydroxylation is 1. The molecule has 1 aromatic rings. The van der Waals surface area contributed by atoms with Crippen LogP contribution < -0.4 is 5.73 Å². The largest absolute Gasteiger partial charge is 0.388 e. The van der Waals surface area contributed by atoms with Gasteiger partial charge in [0.1, 0.15) is 16.4 Å². The Labute approximate surface area is 72.4 Å². The third-order valence-corrected chi connectivity index (χ3v) is 1.50. The van der Waals surface area contributed by atoms with Crippen LogP contribution in [0.25, 0.3) is 0 Å².